The summed E-state index contributed by atoms with van der Waals surface area (Å²) < 4.78 is 3.12. The second kappa shape index (κ2) is 3.00. The number of aromatic nitrogens is 1. The van der Waals surface area contributed by atoms with Crippen molar-refractivity contribution >= 4 is 28.9 Å². The van der Waals surface area contributed by atoms with Crippen LogP contribution in [0.4, 0.5) is 0 Å². The van der Waals surface area contributed by atoms with Gasteiger partial charge in [0, 0.05) is 11.8 Å². The van der Waals surface area contributed by atoms with E-state index in [1.165, 1.54) is 0 Å². The van der Waals surface area contributed by atoms with Crippen LogP contribution in [0.5, 0.6) is 0 Å². The Morgan fingerprint density at radius 1 is 1.36 bits per heavy atom. The zero-order valence-corrected chi connectivity index (χ0v) is 8.90. The van der Waals surface area contributed by atoms with E-state index in [0.717, 1.165) is 14.8 Å². The van der Waals surface area contributed by atoms with E-state index in [2.05, 4.69) is 0 Å². The Morgan fingerprint density at radius 3 is 3.21 bits per heavy atom. The first-order valence-electron chi connectivity index (χ1n) is 4.28. The molecule has 3 heterocycles. The normalized spacial score (nSPS) is 14.7. The lowest BCUT2D eigenvalue weighted by molar-refractivity contribution is 0.0969. The number of thiophene rings is 1. The summed E-state index contributed by atoms with van der Waals surface area (Å²) in [7, 11) is 0. The van der Waals surface area contributed by atoms with Crippen LogP contribution in [0.15, 0.2) is 39.0 Å². The van der Waals surface area contributed by atoms with Gasteiger partial charge >= 0.3 is 0 Å². The molecule has 0 radical (unpaired) electrons. The molecule has 1 aliphatic rings. The molecule has 0 amide bonds. The molecule has 2 aromatic rings. The highest BCUT2D eigenvalue weighted by Gasteiger charge is 2.20. The minimum absolute atomic E-state index is 0.212. The second-order valence-corrected chi connectivity index (χ2v) is 5.33. The first kappa shape index (κ1) is 8.32. The summed E-state index contributed by atoms with van der Waals surface area (Å²) in [6.45, 7) is 0.471. The third kappa shape index (κ3) is 1.14. The summed E-state index contributed by atoms with van der Waals surface area (Å²) in [5.74, 6) is 0.212. The molecular weight excluding hydrogens is 214 g/mol. The van der Waals surface area contributed by atoms with E-state index in [4.69, 9.17) is 0 Å². The molecule has 3 rings (SSSR count). The van der Waals surface area contributed by atoms with Gasteiger partial charge in [0.1, 0.15) is 0 Å². The van der Waals surface area contributed by atoms with E-state index in [0.29, 0.717) is 6.54 Å². The van der Waals surface area contributed by atoms with Gasteiger partial charge in [-0.1, -0.05) is 11.8 Å². The number of carbonyl (C=O) groups is 1. The number of rotatable bonds is 0. The van der Waals surface area contributed by atoms with Gasteiger partial charge < -0.3 is 4.57 Å². The predicted molar refractivity (Wildman–Crippen MR) is 57.2 cm³/mol. The van der Waals surface area contributed by atoms with E-state index in [-0.39, 0.29) is 5.78 Å². The molecule has 70 valence electrons. The van der Waals surface area contributed by atoms with Crippen molar-refractivity contribution in [1.82, 2.24) is 4.57 Å². The van der Waals surface area contributed by atoms with Crippen molar-refractivity contribution in [2.45, 2.75) is 15.8 Å². The summed E-state index contributed by atoms with van der Waals surface area (Å²) in [5.41, 5.74) is 0.878. The van der Waals surface area contributed by atoms with Crippen LogP contribution in [0.25, 0.3) is 0 Å². The van der Waals surface area contributed by atoms with Crippen LogP contribution in [0.1, 0.15) is 10.4 Å². The van der Waals surface area contributed by atoms with Crippen molar-refractivity contribution in [2.24, 2.45) is 0 Å². The molecule has 0 bridgehead atoms. The molecule has 0 fully saturated rings. The topological polar surface area (TPSA) is 22.0 Å². The fourth-order valence-corrected chi connectivity index (χ4v) is 3.66. The molecule has 1 aliphatic heterocycles. The first-order chi connectivity index (χ1) is 6.84. The molecular formula is C10H7NOS2. The molecule has 14 heavy (non-hydrogen) atoms. The highest BCUT2D eigenvalue weighted by Crippen LogP contribution is 2.37. The fraction of sp³-hybridized carbons (Fsp3) is 0.100. The summed E-state index contributed by atoms with van der Waals surface area (Å²) in [5, 5.41) is 3.13. The molecule has 0 saturated carbocycles. The van der Waals surface area contributed by atoms with Crippen LogP contribution in [0, 0.1) is 0 Å². The predicted octanol–water partition coefficient (Wildman–Crippen LogP) is 2.90. The van der Waals surface area contributed by atoms with E-state index in [1.807, 2.05) is 34.3 Å². The number of carbonyl (C=O) groups excluding carboxylic acids is 1. The molecule has 0 unspecified atom stereocenters. The lowest BCUT2D eigenvalue weighted by atomic mass is 10.2. The third-order valence-electron chi connectivity index (χ3n) is 2.23. The minimum atomic E-state index is 0.212. The number of nitrogens with zero attached hydrogens (tertiary/aromatic N) is 1. The summed E-state index contributed by atoms with van der Waals surface area (Å²) in [4.78, 5) is 11.8. The number of Topliss-reactive ketones (excluding diaryl/α,β-unsaturated/α-hetero) is 1. The second-order valence-electron chi connectivity index (χ2n) is 3.12. The zero-order chi connectivity index (χ0) is 9.54. The Kier molecular flexibility index (Phi) is 1.78. The molecule has 0 N–H and O–H groups in total. The lowest BCUT2D eigenvalue weighted by Gasteiger charge is -2.00. The van der Waals surface area contributed by atoms with Crippen molar-refractivity contribution < 1.29 is 4.79 Å². The lowest BCUT2D eigenvalue weighted by Crippen LogP contribution is -2.07. The van der Waals surface area contributed by atoms with Crippen LogP contribution in [0.3, 0.4) is 0 Å². The number of fused-ring (bicyclic) bond motifs is 2. The standard InChI is InChI=1S/C10H7NOS2/c12-8-6-11-4-1-2-9(11)14-10-7(8)3-5-13-10/h1-5H,6H2. The maximum Gasteiger partial charge on any atom is 0.184 e. The summed E-state index contributed by atoms with van der Waals surface area (Å²) in [6.07, 6.45) is 1.96. The fourth-order valence-electron chi connectivity index (χ4n) is 1.54. The molecule has 4 heteroatoms. The van der Waals surface area contributed by atoms with Gasteiger partial charge in [0.15, 0.2) is 5.78 Å². The molecule has 2 aromatic heterocycles. The highest BCUT2D eigenvalue weighted by atomic mass is 32.2. The van der Waals surface area contributed by atoms with Gasteiger partial charge in [0.25, 0.3) is 0 Å². The van der Waals surface area contributed by atoms with Crippen molar-refractivity contribution in [3.63, 3.8) is 0 Å². The van der Waals surface area contributed by atoms with Gasteiger partial charge in [-0.05, 0) is 23.6 Å². The molecule has 0 aliphatic carbocycles. The van der Waals surface area contributed by atoms with Gasteiger partial charge in [-0.2, -0.15) is 0 Å². The Hall–Kier alpha value is -1.00. The van der Waals surface area contributed by atoms with Gasteiger partial charge in [0.2, 0.25) is 0 Å². The molecule has 2 nitrogen and oxygen atoms in total. The maximum absolute atomic E-state index is 11.8. The number of ketones is 1. The molecule has 0 atom stereocenters. The van der Waals surface area contributed by atoms with Crippen LogP contribution in [-0.2, 0) is 6.54 Å². The van der Waals surface area contributed by atoms with Gasteiger partial charge in [-0.3, -0.25) is 4.79 Å². The largest absolute Gasteiger partial charge is 0.335 e. The Balaban J connectivity index is 2.18. The number of hydrogen-bond acceptors (Lipinski definition) is 3. The minimum Gasteiger partial charge on any atom is -0.335 e. The first-order valence-corrected chi connectivity index (χ1v) is 5.98. The third-order valence-corrected chi connectivity index (χ3v) is 4.46. The van der Waals surface area contributed by atoms with Crippen LogP contribution in [0.2, 0.25) is 0 Å². The van der Waals surface area contributed by atoms with E-state index >= 15 is 0 Å². The monoisotopic (exact) mass is 221 g/mol. The molecule has 0 aromatic carbocycles. The maximum atomic E-state index is 11.8. The molecule has 0 spiro atoms. The van der Waals surface area contributed by atoms with Crippen molar-refractivity contribution in [1.29, 1.82) is 0 Å². The summed E-state index contributed by atoms with van der Waals surface area (Å²) >= 11 is 3.32. The smallest absolute Gasteiger partial charge is 0.184 e. The van der Waals surface area contributed by atoms with Crippen LogP contribution in [-0.4, -0.2) is 10.4 Å². The van der Waals surface area contributed by atoms with E-state index in [1.54, 1.807) is 23.1 Å². The Bertz CT molecular complexity index is 498. The van der Waals surface area contributed by atoms with Gasteiger partial charge in [-0.25, -0.2) is 0 Å². The summed E-state index contributed by atoms with van der Waals surface area (Å²) in [6, 6.07) is 5.95. The van der Waals surface area contributed by atoms with E-state index in [9.17, 15) is 4.79 Å². The average Bonchev–Trinajstić information content (AvgIpc) is 2.75. The Labute approximate surface area is 89.6 Å². The van der Waals surface area contributed by atoms with Crippen molar-refractivity contribution in [3.8, 4) is 0 Å². The van der Waals surface area contributed by atoms with Gasteiger partial charge in [0.05, 0.1) is 15.8 Å². The SMILES string of the molecule is O=C1Cn2cccc2Sc2sccc21. The van der Waals surface area contributed by atoms with Crippen LogP contribution >= 0.6 is 23.1 Å². The highest BCUT2D eigenvalue weighted by molar-refractivity contribution is 8.01. The zero-order valence-electron chi connectivity index (χ0n) is 7.27. The van der Waals surface area contributed by atoms with Gasteiger partial charge in [-0.15, -0.1) is 11.3 Å². The molecule has 0 saturated heterocycles. The quantitative estimate of drug-likeness (QED) is 0.682. The van der Waals surface area contributed by atoms with Crippen LogP contribution < -0.4 is 0 Å². The van der Waals surface area contributed by atoms with E-state index < -0.39 is 0 Å². The average molecular weight is 221 g/mol. The van der Waals surface area contributed by atoms with Crippen molar-refractivity contribution in [3.05, 3.63) is 35.3 Å². The number of hydrogen-bond donors (Lipinski definition) is 0. The Morgan fingerprint density at radius 2 is 2.29 bits per heavy atom. The van der Waals surface area contributed by atoms with Crippen molar-refractivity contribution in [2.75, 3.05) is 0 Å².